The van der Waals surface area contributed by atoms with Crippen LogP contribution >= 0.6 is 0 Å². The maximum atomic E-state index is 15.9. The fraction of sp³-hybridized carbons (Fsp3) is 0.441. The van der Waals surface area contributed by atoms with Gasteiger partial charge >= 0.3 is 5.97 Å². The quantitative estimate of drug-likeness (QED) is 0.314. The molecule has 4 nitrogen and oxygen atoms in total. The highest BCUT2D eigenvalue weighted by atomic mass is 19.1. The van der Waals surface area contributed by atoms with Crippen LogP contribution in [0.15, 0.2) is 42.5 Å². The Bertz CT molecular complexity index is 1550. The molecule has 4 atom stereocenters. The van der Waals surface area contributed by atoms with Gasteiger partial charge in [0.15, 0.2) is 11.6 Å². The predicted octanol–water partition coefficient (Wildman–Crippen LogP) is 8.19. The number of carboxylic acids is 1. The lowest BCUT2D eigenvalue weighted by molar-refractivity contribution is -0.139. The molecule has 3 aliphatic rings. The topological polar surface area (TPSA) is 55.8 Å². The van der Waals surface area contributed by atoms with Crippen molar-refractivity contribution in [3.05, 3.63) is 82.2 Å². The first-order valence-corrected chi connectivity index (χ1v) is 14.3. The Morgan fingerprint density at radius 3 is 2.46 bits per heavy atom. The summed E-state index contributed by atoms with van der Waals surface area (Å²) >= 11 is 0. The van der Waals surface area contributed by atoms with E-state index in [2.05, 4.69) is 13.8 Å². The van der Waals surface area contributed by atoms with Crippen molar-refractivity contribution in [3.8, 4) is 22.6 Å². The van der Waals surface area contributed by atoms with Gasteiger partial charge < -0.3 is 14.6 Å². The van der Waals surface area contributed by atoms with E-state index in [1.807, 2.05) is 18.2 Å². The molecule has 0 aliphatic heterocycles. The minimum atomic E-state index is -0.980. The Morgan fingerprint density at radius 2 is 1.80 bits per heavy atom. The van der Waals surface area contributed by atoms with E-state index >= 15 is 13.2 Å². The molecule has 3 aromatic rings. The molecule has 2 fully saturated rings. The second-order valence-corrected chi connectivity index (χ2v) is 12.7. The molecule has 0 amide bonds. The van der Waals surface area contributed by atoms with E-state index < -0.39 is 28.9 Å². The van der Waals surface area contributed by atoms with Crippen LogP contribution in [0.3, 0.4) is 0 Å². The lowest BCUT2D eigenvalue weighted by Gasteiger charge is -2.30. The van der Waals surface area contributed by atoms with Crippen LogP contribution in [0, 0.1) is 34.7 Å². The normalized spacial score (nSPS) is 25.8. The van der Waals surface area contributed by atoms with Crippen molar-refractivity contribution in [3.63, 3.8) is 0 Å². The molecule has 0 unspecified atom stereocenters. The number of carbonyl (C=O) groups is 1. The Hall–Kier alpha value is -3.48. The molecule has 2 saturated carbocycles. The number of hydrogen-bond donors (Lipinski definition) is 1. The van der Waals surface area contributed by atoms with Crippen LogP contribution in [0.2, 0.25) is 0 Å². The Balaban J connectivity index is 1.35. The molecule has 0 heterocycles. The summed E-state index contributed by atoms with van der Waals surface area (Å²) in [4.78, 5) is 11.8. The minimum absolute atomic E-state index is 0.00868. The van der Waals surface area contributed by atoms with E-state index in [1.54, 1.807) is 26.2 Å². The van der Waals surface area contributed by atoms with Crippen molar-refractivity contribution in [1.82, 2.24) is 0 Å². The predicted molar refractivity (Wildman–Crippen MR) is 150 cm³/mol. The maximum Gasteiger partial charge on any atom is 0.307 e. The van der Waals surface area contributed by atoms with E-state index in [1.165, 1.54) is 6.07 Å². The summed E-state index contributed by atoms with van der Waals surface area (Å²) in [6.07, 6.45) is 3.81. The highest BCUT2D eigenvalue weighted by Gasteiger charge is 2.70. The van der Waals surface area contributed by atoms with Crippen molar-refractivity contribution in [2.24, 2.45) is 17.3 Å². The van der Waals surface area contributed by atoms with Gasteiger partial charge in [-0.05, 0) is 83.4 Å². The zero-order valence-corrected chi connectivity index (χ0v) is 23.8. The van der Waals surface area contributed by atoms with Crippen LogP contribution in [-0.2, 0) is 23.2 Å². The monoisotopic (exact) mass is 564 g/mol. The molecule has 0 radical (unpaired) electrons. The molecule has 0 bridgehead atoms. The first-order valence-electron chi connectivity index (χ1n) is 14.3. The first kappa shape index (κ1) is 27.7. The Morgan fingerprint density at radius 1 is 1.02 bits per heavy atom. The molecule has 1 N–H and O–H groups in total. The fourth-order valence-electron chi connectivity index (χ4n) is 7.90. The lowest BCUT2D eigenvalue weighted by atomic mass is 9.75. The standard InChI is InChI=1S/C34H35F3O4/c1-18-29(32(38)39)34(18)13-11-22-27(36)16-28(31(37)30(22)34)41-17-19-7-9-21(24-15-20(40-4)8-10-26(24)35)23(14-19)25-6-5-12-33(25,2)3/h7-10,14-16,18,25,29H,5-6,11-13,17H2,1-4H3,(H,38,39)/t18-,25-,29-,34+/m0/s1. The number of methoxy groups -OCH3 is 1. The third-order valence-electron chi connectivity index (χ3n) is 10.2. The van der Waals surface area contributed by atoms with Crippen LogP contribution in [-0.4, -0.2) is 18.2 Å². The average Bonchev–Trinajstić information content (AvgIpc) is 3.18. The summed E-state index contributed by atoms with van der Waals surface area (Å²) in [6.45, 7) is 6.22. The molecular formula is C34H35F3O4. The zero-order chi connectivity index (χ0) is 29.3. The minimum Gasteiger partial charge on any atom is -0.497 e. The van der Waals surface area contributed by atoms with Gasteiger partial charge in [-0.2, -0.15) is 0 Å². The number of aliphatic carboxylic acids is 1. The van der Waals surface area contributed by atoms with Crippen LogP contribution in [0.25, 0.3) is 11.1 Å². The van der Waals surface area contributed by atoms with Crippen LogP contribution < -0.4 is 9.47 Å². The molecule has 7 heteroatoms. The summed E-state index contributed by atoms with van der Waals surface area (Å²) < 4.78 is 57.4. The third-order valence-corrected chi connectivity index (χ3v) is 10.2. The molecule has 3 aromatic carbocycles. The molecule has 6 rings (SSSR count). The highest BCUT2D eigenvalue weighted by molar-refractivity contribution is 5.79. The number of fused-ring (bicyclic) bond motifs is 2. The molecule has 216 valence electrons. The molecule has 0 aromatic heterocycles. The van der Waals surface area contributed by atoms with Crippen LogP contribution in [0.1, 0.15) is 74.6 Å². The Labute approximate surface area is 238 Å². The van der Waals surface area contributed by atoms with E-state index in [0.717, 1.165) is 42.0 Å². The van der Waals surface area contributed by atoms with Crippen molar-refractivity contribution in [1.29, 1.82) is 0 Å². The first-order chi connectivity index (χ1) is 19.5. The van der Waals surface area contributed by atoms with Gasteiger partial charge in [0.25, 0.3) is 0 Å². The maximum absolute atomic E-state index is 15.9. The number of halogens is 3. The third kappa shape index (κ3) is 4.31. The van der Waals surface area contributed by atoms with Crippen molar-refractivity contribution >= 4 is 5.97 Å². The van der Waals surface area contributed by atoms with E-state index in [9.17, 15) is 9.90 Å². The van der Waals surface area contributed by atoms with Crippen LogP contribution in [0.5, 0.6) is 11.5 Å². The van der Waals surface area contributed by atoms with Gasteiger partial charge in [-0.1, -0.05) is 45.4 Å². The van der Waals surface area contributed by atoms with Gasteiger partial charge in [0.05, 0.1) is 13.0 Å². The van der Waals surface area contributed by atoms with Gasteiger partial charge in [-0.3, -0.25) is 4.79 Å². The Kier molecular flexibility index (Phi) is 6.63. The number of ether oxygens (including phenoxy) is 2. The SMILES string of the molecule is COc1ccc(F)c(-c2ccc(COc3cc(F)c4c(c3F)[C@@]3(CC4)[C@H](C(=O)O)[C@@H]3C)cc2[C@@H]2CCCC2(C)C)c1. The van der Waals surface area contributed by atoms with E-state index in [-0.39, 0.29) is 46.6 Å². The summed E-state index contributed by atoms with van der Waals surface area (Å²) in [6, 6.07) is 11.5. The summed E-state index contributed by atoms with van der Waals surface area (Å²) in [7, 11) is 1.55. The van der Waals surface area contributed by atoms with Crippen molar-refractivity contribution < 1.29 is 32.5 Å². The average molecular weight is 565 g/mol. The zero-order valence-electron chi connectivity index (χ0n) is 23.8. The van der Waals surface area contributed by atoms with Crippen molar-refractivity contribution in [2.75, 3.05) is 7.11 Å². The number of carboxylic acid groups (broad SMARTS) is 1. The van der Waals surface area contributed by atoms with Gasteiger partial charge in [0, 0.05) is 22.6 Å². The molecule has 41 heavy (non-hydrogen) atoms. The summed E-state index contributed by atoms with van der Waals surface area (Å²) in [5, 5.41) is 9.68. The number of rotatable bonds is 7. The van der Waals surface area contributed by atoms with Gasteiger partial charge in [0.1, 0.15) is 24.0 Å². The smallest absolute Gasteiger partial charge is 0.307 e. The molecule has 0 saturated heterocycles. The van der Waals surface area contributed by atoms with Gasteiger partial charge in [-0.15, -0.1) is 0 Å². The molecular weight excluding hydrogens is 529 g/mol. The van der Waals surface area contributed by atoms with E-state index in [0.29, 0.717) is 24.2 Å². The largest absolute Gasteiger partial charge is 0.497 e. The summed E-state index contributed by atoms with van der Waals surface area (Å²) in [5.74, 6) is -3.01. The van der Waals surface area contributed by atoms with E-state index in [4.69, 9.17) is 9.47 Å². The lowest BCUT2D eigenvalue weighted by Crippen LogP contribution is -2.17. The number of hydrogen-bond acceptors (Lipinski definition) is 3. The summed E-state index contributed by atoms with van der Waals surface area (Å²) in [5.41, 5.74) is 2.56. The van der Waals surface area contributed by atoms with Gasteiger partial charge in [-0.25, -0.2) is 13.2 Å². The second-order valence-electron chi connectivity index (χ2n) is 12.7. The fourth-order valence-corrected chi connectivity index (χ4v) is 7.90. The highest BCUT2D eigenvalue weighted by Crippen LogP contribution is 2.67. The molecule has 1 spiro atoms. The second kappa shape index (κ2) is 9.81. The number of benzene rings is 3. The van der Waals surface area contributed by atoms with Gasteiger partial charge in [0.2, 0.25) is 0 Å². The van der Waals surface area contributed by atoms with Crippen molar-refractivity contribution in [2.45, 2.75) is 70.8 Å². The molecule has 3 aliphatic carbocycles. The van der Waals surface area contributed by atoms with Crippen LogP contribution in [0.4, 0.5) is 13.2 Å².